The lowest BCUT2D eigenvalue weighted by Gasteiger charge is -2.02. The minimum atomic E-state index is -0.754. The van der Waals surface area contributed by atoms with Gasteiger partial charge in [-0.05, 0) is 6.92 Å². The first-order valence-corrected chi connectivity index (χ1v) is 3.97. The molecule has 0 fully saturated rings. The first-order chi connectivity index (χ1) is 5.63. The fraction of sp³-hybridized carbons (Fsp3) is 0.571. The number of rotatable bonds is 3. The fourth-order valence-electron chi connectivity index (χ4n) is 0.913. The zero-order chi connectivity index (χ0) is 9.14. The third kappa shape index (κ3) is 2.20. The summed E-state index contributed by atoms with van der Waals surface area (Å²) in [7, 11) is 0. The maximum Gasteiger partial charge on any atom is 0.120 e. The van der Waals surface area contributed by atoms with Gasteiger partial charge < -0.3 is 10.2 Å². The summed E-state index contributed by atoms with van der Waals surface area (Å²) in [5.74, 6) is 0.678. The minimum absolute atomic E-state index is 0.256. The number of aliphatic hydroxyl groups is 2. The Labute approximate surface area is 75.5 Å². The van der Waals surface area contributed by atoms with Crippen LogP contribution in [-0.2, 0) is 6.42 Å². The van der Waals surface area contributed by atoms with Crippen LogP contribution in [-0.4, -0.2) is 32.0 Å². The third-order valence-corrected chi connectivity index (χ3v) is 1.87. The summed E-state index contributed by atoms with van der Waals surface area (Å²) >= 11 is 5.67. The molecule has 1 heterocycles. The van der Waals surface area contributed by atoms with Crippen LogP contribution >= 0.6 is 11.8 Å². The van der Waals surface area contributed by atoms with Gasteiger partial charge in [-0.1, -0.05) is 0 Å². The first kappa shape index (κ1) is 9.51. The van der Waals surface area contributed by atoms with E-state index < -0.39 is 6.10 Å². The lowest BCUT2D eigenvalue weighted by atomic mass is 10.2. The molecule has 0 aliphatic rings. The van der Waals surface area contributed by atoms with E-state index >= 15 is 0 Å². The number of halogens is 1. The molecule has 68 valence electrons. The van der Waals surface area contributed by atoms with E-state index in [1.165, 1.54) is 4.09 Å². The largest absolute Gasteiger partial charge is 0.394 e. The van der Waals surface area contributed by atoms with Crippen LogP contribution < -0.4 is 0 Å². The highest BCUT2D eigenvalue weighted by molar-refractivity contribution is 6.15. The van der Waals surface area contributed by atoms with Crippen molar-refractivity contribution in [2.45, 2.75) is 19.4 Å². The van der Waals surface area contributed by atoms with Crippen LogP contribution in [0, 0.1) is 6.92 Å². The average Bonchev–Trinajstić information content (AvgIpc) is 2.31. The molecule has 12 heavy (non-hydrogen) atoms. The summed E-state index contributed by atoms with van der Waals surface area (Å²) in [5.41, 5.74) is 0.684. The van der Waals surface area contributed by atoms with Gasteiger partial charge in [-0.25, -0.2) is 9.07 Å². The highest BCUT2D eigenvalue weighted by Crippen LogP contribution is 2.06. The van der Waals surface area contributed by atoms with E-state index in [4.69, 9.17) is 22.0 Å². The van der Waals surface area contributed by atoms with Crippen LogP contribution in [0.3, 0.4) is 0 Å². The standard InChI is InChI=1S/C7H11ClN2O2/c1-5-9-6(3-10(5)8)2-7(12)4-11/h3,7,11-12H,2,4H2,1H3. The highest BCUT2D eigenvalue weighted by atomic mass is 35.5. The molecular weight excluding hydrogens is 180 g/mol. The van der Waals surface area contributed by atoms with Gasteiger partial charge in [-0.3, -0.25) is 0 Å². The third-order valence-electron chi connectivity index (χ3n) is 1.53. The maximum atomic E-state index is 9.07. The number of aliphatic hydroxyl groups excluding tert-OH is 2. The highest BCUT2D eigenvalue weighted by Gasteiger charge is 2.07. The summed E-state index contributed by atoms with van der Waals surface area (Å²) in [6.07, 6.45) is 1.20. The number of imidazole rings is 1. The first-order valence-electron chi connectivity index (χ1n) is 3.63. The van der Waals surface area contributed by atoms with Gasteiger partial charge in [0.1, 0.15) is 5.82 Å². The molecule has 0 spiro atoms. The number of aryl methyl sites for hydroxylation is 1. The van der Waals surface area contributed by atoms with Gasteiger partial charge in [0.25, 0.3) is 0 Å². The van der Waals surface area contributed by atoms with E-state index in [1.807, 2.05) is 0 Å². The summed E-state index contributed by atoms with van der Waals surface area (Å²) in [4.78, 5) is 4.06. The van der Waals surface area contributed by atoms with Gasteiger partial charge in [-0.15, -0.1) is 0 Å². The molecular formula is C7H11ClN2O2. The Hall–Kier alpha value is -0.580. The number of hydrogen-bond acceptors (Lipinski definition) is 3. The topological polar surface area (TPSA) is 58.3 Å². The maximum absolute atomic E-state index is 9.07. The molecule has 0 aliphatic carbocycles. The van der Waals surface area contributed by atoms with E-state index in [2.05, 4.69) is 4.98 Å². The Morgan fingerprint density at radius 3 is 2.83 bits per heavy atom. The Bertz CT molecular complexity index is 242. The Morgan fingerprint density at radius 2 is 2.42 bits per heavy atom. The van der Waals surface area contributed by atoms with E-state index in [9.17, 15) is 0 Å². The van der Waals surface area contributed by atoms with E-state index in [0.717, 1.165) is 0 Å². The van der Waals surface area contributed by atoms with Crippen LogP contribution in [0.5, 0.6) is 0 Å². The smallest absolute Gasteiger partial charge is 0.120 e. The number of hydrogen-bond donors (Lipinski definition) is 2. The van der Waals surface area contributed by atoms with Crippen LogP contribution in [0.15, 0.2) is 6.20 Å². The molecule has 0 saturated carbocycles. The Kier molecular flexibility index (Phi) is 3.08. The van der Waals surface area contributed by atoms with Gasteiger partial charge in [0.15, 0.2) is 0 Å². The average molecular weight is 191 g/mol. The Balaban J connectivity index is 2.64. The number of aromatic nitrogens is 2. The van der Waals surface area contributed by atoms with Crippen molar-refractivity contribution < 1.29 is 10.2 Å². The molecule has 0 saturated heterocycles. The zero-order valence-corrected chi connectivity index (χ0v) is 7.49. The summed E-state index contributed by atoms with van der Waals surface area (Å²) < 4.78 is 1.36. The Morgan fingerprint density at radius 1 is 1.75 bits per heavy atom. The molecule has 0 aliphatic heterocycles. The van der Waals surface area contributed by atoms with Gasteiger partial charge >= 0.3 is 0 Å². The van der Waals surface area contributed by atoms with Crippen molar-refractivity contribution in [3.05, 3.63) is 17.7 Å². The lowest BCUT2D eigenvalue weighted by molar-refractivity contribution is 0.0948. The zero-order valence-electron chi connectivity index (χ0n) is 6.74. The monoisotopic (exact) mass is 190 g/mol. The summed E-state index contributed by atoms with van der Waals surface area (Å²) in [6, 6.07) is 0. The predicted molar refractivity (Wildman–Crippen MR) is 45.0 cm³/mol. The van der Waals surface area contributed by atoms with Crippen LogP contribution in [0.25, 0.3) is 0 Å². The fourth-order valence-corrected chi connectivity index (χ4v) is 1.06. The summed E-state index contributed by atoms with van der Waals surface area (Å²) in [5, 5.41) is 17.6. The molecule has 0 bridgehead atoms. The van der Waals surface area contributed by atoms with Crippen LogP contribution in [0.4, 0.5) is 0 Å². The van der Waals surface area contributed by atoms with Crippen molar-refractivity contribution in [2.24, 2.45) is 0 Å². The van der Waals surface area contributed by atoms with Gasteiger partial charge in [0.2, 0.25) is 0 Å². The van der Waals surface area contributed by atoms with Crippen LogP contribution in [0.2, 0.25) is 0 Å². The normalized spacial score (nSPS) is 13.3. The van der Waals surface area contributed by atoms with Gasteiger partial charge in [0.05, 0.1) is 18.4 Å². The van der Waals surface area contributed by atoms with Crippen molar-refractivity contribution in [3.8, 4) is 0 Å². The quantitative estimate of drug-likeness (QED) is 0.710. The number of nitrogens with zero attached hydrogens (tertiary/aromatic N) is 2. The van der Waals surface area contributed by atoms with Gasteiger partial charge in [-0.2, -0.15) is 0 Å². The van der Waals surface area contributed by atoms with Crippen molar-refractivity contribution in [1.29, 1.82) is 0 Å². The molecule has 1 aromatic rings. The second-order valence-electron chi connectivity index (χ2n) is 2.63. The predicted octanol–water partition coefficient (Wildman–Crippen LogP) is 0.0891. The molecule has 4 nitrogen and oxygen atoms in total. The SMILES string of the molecule is Cc1nc(CC(O)CO)cn1Cl. The minimum Gasteiger partial charge on any atom is -0.394 e. The molecule has 1 unspecified atom stereocenters. The van der Waals surface area contributed by atoms with E-state index in [0.29, 0.717) is 17.9 Å². The van der Waals surface area contributed by atoms with Crippen molar-refractivity contribution in [2.75, 3.05) is 6.61 Å². The lowest BCUT2D eigenvalue weighted by Crippen LogP contribution is -2.15. The summed E-state index contributed by atoms with van der Waals surface area (Å²) in [6.45, 7) is 1.51. The van der Waals surface area contributed by atoms with E-state index in [-0.39, 0.29) is 6.61 Å². The molecule has 2 N–H and O–H groups in total. The second-order valence-corrected chi connectivity index (χ2v) is 3.00. The molecule has 0 radical (unpaired) electrons. The van der Waals surface area contributed by atoms with Crippen molar-refractivity contribution in [1.82, 2.24) is 9.07 Å². The molecule has 0 amide bonds. The second kappa shape index (κ2) is 3.89. The molecule has 1 atom stereocenters. The van der Waals surface area contributed by atoms with Crippen LogP contribution in [0.1, 0.15) is 11.5 Å². The van der Waals surface area contributed by atoms with E-state index in [1.54, 1.807) is 13.1 Å². The molecule has 5 heteroatoms. The molecule has 1 aromatic heterocycles. The molecule has 0 aromatic carbocycles. The van der Waals surface area contributed by atoms with Crippen molar-refractivity contribution in [3.63, 3.8) is 0 Å². The van der Waals surface area contributed by atoms with Crippen molar-refractivity contribution >= 4 is 11.8 Å². The molecule has 1 rings (SSSR count). The van der Waals surface area contributed by atoms with Gasteiger partial charge in [0, 0.05) is 24.4 Å².